The summed E-state index contributed by atoms with van der Waals surface area (Å²) in [7, 11) is 0. The van der Waals surface area contributed by atoms with Crippen LogP contribution in [0.4, 0.5) is 5.69 Å². The predicted octanol–water partition coefficient (Wildman–Crippen LogP) is 4.12. The lowest BCUT2D eigenvalue weighted by Crippen LogP contribution is -2.30. The molecule has 0 aromatic heterocycles. The van der Waals surface area contributed by atoms with Gasteiger partial charge in [0.1, 0.15) is 5.75 Å². The van der Waals surface area contributed by atoms with Crippen molar-refractivity contribution in [1.29, 1.82) is 0 Å². The van der Waals surface area contributed by atoms with Crippen LogP contribution >= 0.6 is 0 Å². The van der Waals surface area contributed by atoms with Gasteiger partial charge >= 0.3 is 0 Å². The normalized spacial score (nSPS) is 15.0. The molecule has 0 bridgehead atoms. The Labute approximate surface area is 143 Å². The predicted molar refractivity (Wildman–Crippen MR) is 96.5 cm³/mol. The highest BCUT2D eigenvalue weighted by molar-refractivity contribution is 5.92. The number of ether oxygens (including phenoxy) is 1. The van der Waals surface area contributed by atoms with Gasteiger partial charge in [0.25, 0.3) is 0 Å². The first-order valence-electron chi connectivity index (χ1n) is 8.55. The van der Waals surface area contributed by atoms with Crippen LogP contribution in [0, 0.1) is 12.8 Å². The van der Waals surface area contributed by atoms with Crippen LogP contribution in [0.15, 0.2) is 48.5 Å². The van der Waals surface area contributed by atoms with Gasteiger partial charge in [-0.05, 0) is 63.0 Å². The van der Waals surface area contributed by atoms with Crippen LogP contribution in [0.5, 0.6) is 11.5 Å². The van der Waals surface area contributed by atoms with Gasteiger partial charge in [0.05, 0.1) is 5.69 Å². The van der Waals surface area contributed by atoms with E-state index in [-0.39, 0.29) is 5.91 Å². The SMILES string of the molecule is Cc1ccc(Oc2ccccc2NC(=O)CC2CCNCC2)cc1. The number of benzene rings is 2. The van der Waals surface area contributed by atoms with E-state index in [9.17, 15) is 4.79 Å². The zero-order chi connectivity index (χ0) is 16.8. The van der Waals surface area contributed by atoms with E-state index in [0.717, 1.165) is 37.4 Å². The number of carbonyl (C=O) groups excluding carboxylic acids is 1. The van der Waals surface area contributed by atoms with Crippen molar-refractivity contribution >= 4 is 11.6 Å². The fourth-order valence-electron chi connectivity index (χ4n) is 2.94. The fourth-order valence-corrected chi connectivity index (χ4v) is 2.94. The molecule has 1 aliphatic rings. The number of anilines is 1. The zero-order valence-electron chi connectivity index (χ0n) is 14.0. The molecule has 0 saturated carbocycles. The Morgan fingerprint density at radius 3 is 2.58 bits per heavy atom. The van der Waals surface area contributed by atoms with E-state index < -0.39 is 0 Å². The smallest absolute Gasteiger partial charge is 0.224 e. The van der Waals surface area contributed by atoms with Crippen LogP contribution in [0.1, 0.15) is 24.8 Å². The lowest BCUT2D eigenvalue weighted by atomic mass is 9.94. The number of nitrogens with one attached hydrogen (secondary N) is 2. The first-order chi connectivity index (χ1) is 11.7. The molecule has 2 aromatic rings. The molecule has 0 radical (unpaired) electrons. The highest BCUT2D eigenvalue weighted by Crippen LogP contribution is 2.30. The summed E-state index contributed by atoms with van der Waals surface area (Å²) < 4.78 is 5.93. The number of para-hydroxylation sites is 2. The number of hydrogen-bond acceptors (Lipinski definition) is 3. The fraction of sp³-hybridized carbons (Fsp3) is 0.350. The monoisotopic (exact) mass is 324 g/mol. The third-order valence-electron chi connectivity index (χ3n) is 4.34. The standard InChI is InChI=1S/C20H24N2O2/c1-15-6-8-17(9-7-15)24-19-5-3-2-4-18(19)22-20(23)14-16-10-12-21-13-11-16/h2-9,16,21H,10-14H2,1H3,(H,22,23). The summed E-state index contributed by atoms with van der Waals surface area (Å²) in [6.07, 6.45) is 2.70. The molecule has 2 N–H and O–H groups in total. The third-order valence-corrected chi connectivity index (χ3v) is 4.34. The molecule has 1 saturated heterocycles. The van der Waals surface area contributed by atoms with E-state index in [1.54, 1.807) is 0 Å². The Balaban J connectivity index is 1.64. The average molecular weight is 324 g/mol. The van der Waals surface area contributed by atoms with Crippen LogP contribution in [-0.4, -0.2) is 19.0 Å². The Morgan fingerprint density at radius 1 is 1.12 bits per heavy atom. The van der Waals surface area contributed by atoms with E-state index in [0.29, 0.717) is 18.1 Å². The molecule has 24 heavy (non-hydrogen) atoms. The molecule has 1 fully saturated rings. The average Bonchev–Trinajstić information content (AvgIpc) is 2.59. The number of amides is 1. The van der Waals surface area contributed by atoms with Crippen molar-refractivity contribution in [2.75, 3.05) is 18.4 Å². The van der Waals surface area contributed by atoms with Crippen molar-refractivity contribution in [3.05, 3.63) is 54.1 Å². The second-order valence-corrected chi connectivity index (χ2v) is 6.36. The topological polar surface area (TPSA) is 50.4 Å². The molecule has 126 valence electrons. The van der Waals surface area contributed by atoms with E-state index in [4.69, 9.17) is 4.74 Å². The molecule has 1 aliphatic heterocycles. The van der Waals surface area contributed by atoms with Gasteiger partial charge in [0.2, 0.25) is 5.91 Å². The zero-order valence-corrected chi connectivity index (χ0v) is 14.0. The maximum atomic E-state index is 12.3. The number of hydrogen-bond donors (Lipinski definition) is 2. The molecule has 4 heteroatoms. The Kier molecular flexibility index (Phi) is 5.49. The van der Waals surface area contributed by atoms with E-state index in [1.165, 1.54) is 5.56 Å². The lowest BCUT2D eigenvalue weighted by molar-refractivity contribution is -0.117. The minimum Gasteiger partial charge on any atom is -0.455 e. The Morgan fingerprint density at radius 2 is 1.83 bits per heavy atom. The second-order valence-electron chi connectivity index (χ2n) is 6.36. The van der Waals surface area contributed by atoms with Crippen molar-refractivity contribution in [2.45, 2.75) is 26.2 Å². The quantitative estimate of drug-likeness (QED) is 0.870. The van der Waals surface area contributed by atoms with Crippen molar-refractivity contribution in [2.24, 2.45) is 5.92 Å². The molecule has 1 heterocycles. The molecule has 3 rings (SSSR count). The number of aryl methyl sites for hydroxylation is 1. The minimum atomic E-state index is 0.0573. The third kappa shape index (κ3) is 4.59. The first kappa shape index (κ1) is 16.5. The van der Waals surface area contributed by atoms with Gasteiger partial charge in [-0.1, -0.05) is 29.8 Å². The molecular weight excluding hydrogens is 300 g/mol. The first-order valence-corrected chi connectivity index (χ1v) is 8.55. The summed E-state index contributed by atoms with van der Waals surface area (Å²) in [6.45, 7) is 4.05. The molecule has 4 nitrogen and oxygen atoms in total. The van der Waals surface area contributed by atoms with Crippen LogP contribution in [0.2, 0.25) is 0 Å². The minimum absolute atomic E-state index is 0.0573. The summed E-state index contributed by atoms with van der Waals surface area (Å²) >= 11 is 0. The number of piperidine rings is 1. The van der Waals surface area contributed by atoms with Crippen LogP contribution in [-0.2, 0) is 4.79 Å². The largest absolute Gasteiger partial charge is 0.455 e. The number of carbonyl (C=O) groups is 1. The summed E-state index contributed by atoms with van der Waals surface area (Å²) in [4.78, 5) is 12.3. The van der Waals surface area contributed by atoms with Gasteiger partial charge in [0.15, 0.2) is 5.75 Å². The molecule has 0 spiro atoms. The molecule has 2 aromatic carbocycles. The van der Waals surface area contributed by atoms with Gasteiger partial charge in [-0.25, -0.2) is 0 Å². The van der Waals surface area contributed by atoms with Crippen molar-refractivity contribution < 1.29 is 9.53 Å². The molecular formula is C20H24N2O2. The number of rotatable bonds is 5. The summed E-state index contributed by atoms with van der Waals surface area (Å²) in [5, 5.41) is 6.33. The molecule has 1 amide bonds. The van der Waals surface area contributed by atoms with Gasteiger partial charge in [0, 0.05) is 6.42 Å². The van der Waals surface area contributed by atoms with Gasteiger partial charge in [-0.3, -0.25) is 4.79 Å². The maximum Gasteiger partial charge on any atom is 0.224 e. The van der Waals surface area contributed by atoms with Crippen molar-refractivity contribution in [3.63, 3.8) is 0 Å². The summed E-state index contributed by atoms with van der Waals surface area (Å²) in [5.41, 5.74) is 1.91. The summed E-state index contributed by atoms with van der Waals surface area (Å²) in [6, 6.07) is 15.4. The van der Waals surface area contributed by atoms with Crippen LogP contribution in [0.25, 0.3) is 0 Å². The van der Waals surface area contributed by atoms with E-state index >= 15 is 0 Å². The van der Waals surface area contributed by atoms with Crippen LogP contribution in [0.3, 0.4) is 0 Å². The van der Waals surface area contributed by atoms with Gasteiger partial charge < -0.3 is 15.4 Å². The lowest BCUT2D eigenvalue weighted by Gasteiger charge is -2.22. The van der Waals surface area contributed by atoms with E-state index in [2.05, 4.69) is 10.6 Å². The Hall–Kier alpha value is -2.33. The van der Waals surface area contributed by atoms with E-state index in [1.807, 2.05) is 55.5 Å². The van der Waals surface area contributed by atoms with Crippen LogP contribution < -0.4 is 15.4 Å². The van der Waals surface area contributed by atoms with Gasteiger partial charge in [-0.2, -0.15) is 0 Å². The molecule has 0 atom stereocenters. The van der Waals surface area contributed by atoms with Crippen molar-refractivity contribution in [3.8, 4) is 11.5 Å². The maximum absolute atomic E-state index is 12.3. The van der Waals surface area contributed by atoms with Crippen molar-refractivity contribution in [1.82, 2.24) is 5.32 Å². The molecule has 0 unspecified atom stereocenters. The Bertz CT molecular complexity index is 676. The highest BCUT2D eigenvalue weighted by Gasteiger charge is 2.17. The molecule has 0 aliphatic carbocycles. The summed E-state index contributed by atoms with van der Waals surface area (Å²) in [5.74, 6) is 1.96. The highest BCUT2D eigenvalue weighted by atomic mass is 16.5. The van der Waals surface area contributed by atoms with Gasteiger partial charge in [-0.15, -0.1) is 0 Å². The second kappa shape index (κ2) is 7.97.